The zero-order valence-electron chi connectivity index (χ0n) is 16.1. The largest absolute Gasteiger partial charge is 0.493 e. The van der Waals surface area contributed by atoms with Crippen LogP contribution in [0.3, 0.4) is 0 Å². The molecule has 1 amide bonds. The molecular weight excluding hydrogens is 362 g/mol. The summed E-state index contributed by atoms with van der Waals surface area (Å²) in [6.07, 6.45) is 3.54. The maximum Gasteiger partial charge on any atom is 0.272 e. The second kappa shape index (κ2) is 8.94. The van der Waals surface area contributed by atoms with E-state index in [2.05, 4.69) is 15.5 Å². The van der Waals surface area contributed by atoms with Crippen LogP contribution in [0.4, 0.5) is 0 Å². The number of benzene rings is 1. The van der Waals surface area contributed by atoms with E-state index in [1.54, 1.807) is 43.3 Å². The first-order chi connectivity index (χ1) is 13.6. The number of amides is 1. The Kier molecular flexibility index (Phi) is 6.15. The van der Waals surface area contributed by atoms with Crippen molar-refractivity contribution in [1.82, 2.24) is 24.9 Å². The van der Waals surface area contributed by atoms with Gasteiger partial charge in [-0.15, -0.1) is 0 Å². The summed E-state index contributed by atoms with van der Waals surface area (Å²) in [5.74, 6) is 1.30. The molecule has 0 fully saturated rings. The van der Waals surface area contributed by atoms with Crippen molar-refractivity contribution >= 4 is 5.91 Å². The zero-order valence-corrected chi connectivity index (χ0v) is 16.1. The molecule has 0 spiro atoms. The minimum Gasteiger partial charge on any atom is -0.493 e. The first-order valence-electron chi connectivity index (χ1n) is 8.82. The molecule has 0 atom stereocenters. The third kappa shape index (κ3) is 4.43. The highest BCUT2D eigenvalue weighted by atomic mass is 16.5. The minimum absolute atomic E-state index is 0.102. The second-order valence-corrected chi connectivity index (χ2v) is 5.85. The lowest BCUT2D eigenvalue weighted by atomic mass is 10.3. The molecule has 2 heterocycles. The van der Waals surface area contributed by atoms with E-state index in [4.69, 9.17) is 14.2 Å². The number of para-hydroxylation sites is 1. The van der Waals surface area contributed by atoms with Gasteiger partial charge in [0.15, 0.2) is 18.2 Å². The van der Waals surface area contributed by atoms with E-state index in [1.165, 1.54) is 4.68 Å². The van der Waals surface area contributed by atoms with Crippen LogP contribution in [0, 0.1) is 0 Å². The van der Waals surface area contributed by atoms with Gasteiger partial charge in [-0.25, -0.2) is 4.68 Å². The number of carbonyl (C=O) groups is 1. The van der Waals surface area contributed by atoms with Crippen molar-refractivity contribution in [2.45, 2.75) is 26.7 Å². The average Bonchev–Trinajstić information content (AvgIpc) is 3.39. The number of nitrogens with one attached hydrogen (secondary N) is 1. The van der Waals surface area contributed by atoms with E-state index < -0.39 is 0 Å². The Morgan fingerprint density at radius 2 is 1.75 bits per heavy atom. The van der Waals surface area contributed by atoms with Crippen LogP contribution in [-0.2, 0) is 19.8 Å². The first-order valence-corrected chi connectivity index (χ1v) is 8.82. The van der Waals surface area contributed by atoms with Crippen molar-refractivity contribution in [3.05, 3.63) is 54.1 Å². The number of hydrogen-bond acceptors (Lipinski definition) is 6. The first kappa shape index (κ1) is 19.3. The summed E-state index contributed by atoms with van der Waals surface area (Å²) in [7, 11) is 3.11. The fraction of sp³-hybridized carbons (Fsp3) is 0.316. The van der Waals surface area contributed by atoms with E-state index in [1.807, 2.05) is 25.3 Å². The molecule has 0 bridgehead atoms. The molecule has 1 aromatic carbocycles. The van der Waals surface area contributed by atoms with Crippen LogP contribution in [0.25, 0.3) is 0 Å². The predicted molar refractivity (Wildman–Crippen MR) is 101 cm³/mol. The number of carbonyl (C=O) groups excluding carboxylic acids is 1. The van der Waals surface area contributed by atoms with Crippen LogP contribution in [0.1, 0.15) is 23.1 Å². The van der Waals surface area contributed by atoms with Crippen molar-refractivity contribution in [2.75, 3.05) is 14.2 Å². The van der Waals surface area contributed by atoms with Crippen LogP contribution in [0.5, 0.6) is 17.2 Å². The van der Waals surface area contributed by atoms with Gasteiger partial charge in [0, 0.05) is 18.9 Å². The summed E-state index contributed by atoms with van der Waals surface area (Å²) < 4.78 is 19.7. The van der Waals surface area contributed by atoms with E-state index >= 15 is 0 Å². The predicted octanol–water partition coefficient (Wildman–Crippen LogP) is 2.08. The molecule has 3 aromatic rings. The Balaban J connectivity index is 1.59. The maximum atomic E-state index is 12.3. The van der Waals surface area contributed by atoms with E-state index in [-0.39, 0.29) is 12.6 Å². The fourth-order valence-electron chi connectivity index (χ4n) is 2.58. The number of methoxy groups -OCH3 is 2. The molecule has 0 aliphatic carbocycles. The van der Waals surface area contributed by atoms with Crippen LogP contribution in [0.2, 0.25) is 0 Å². The molecule has 3 rings (SSSR count). The molecule has 0 radical (unpaired) electrons. The highest BCUT2D eigenvalue weighted by Gasteiger charge is 2.13. The molecule has 0 aliphatic heterocycles. The molecule has 0 saturated carbocycles. The fourth-order valence-corrected chi connectivity index (χ4v) is 2.58. The lowest BCUT2D eigenvalue weighted by Crippen LogP contribution is -2.24. The molecular formula is C19H23N5O4. The highest BCUT2D eigenvalue weighted by Crippen LogP contribution is 2.36. The van der Waals surface area contributed by atoms with Crippen LogP contribution in [0.15, 0.2) is 42.7 Å². The van der Waals surface area contributed by atoms with Gasteiger partial charge in [-0.1, -0.05) is 6.07 Å². The SMILES string of the molecule is CCn1ccc(CNC(=O)c2ccn(COc3c(OC)cccc3OC)n2)n1. The number of rotatable bonds is 9. The van der Waals surface area contributed by atoms with E-state index in [9.17, 15) is 4.79 Å². The van der Waals surface area contributed by atoms with Crippen LogP contribution < -0.4 is 19.5 Å². The van der Waals surface area contributed by atoms with Gasteiger partial charge in [-0.3, -0.25) is 9.48 Å². The third-order valence-electron chi connectivity index (χ3n) is 4.05. The van der Waals surface area contributed by atoms with Crippen LogP contribution in [-0.4, -0.2) is 39.7 Å². The number of ether oxygens (including phenoxy) is 3. The van der Waals surface area contributed by atoms with Gasteiger partial charge in [0.05, 0.1) is 26.5 Å². The summed E-state index contributed by atoms with van der Waals surface area (Å²) in [6, 6.07) is 8.86. The van der Waals surface area contributed by atoms with Gasteiger partial charge in [-0.05, 0) is 31.2 Å². The zero-order chi connectivity index (χ0) is 19.9. The smallest absolute Gasteiger partial charge is 0.272 e. The molecule has 9 heteroatoms. The van der Waals surface area contributed by atoms with E-state index in [0.29, 0.717) is 29.5 Å². The van der Waals surface area contributed by atoms with Gasteiger partial charge in [0.25, 0.3) is 5.91 Å². The minimum atomic E-state index is -0.278. The van der Waals surface area contributed by atoms with Crippen LogP contribution >= 0.6 is 0 Å². The van der Waals surface area contributed by atoms with Gasteiger partial charge in [-0.2, -0.15) is 10.2 Å². The molecule has 0 saturated heterocycles. The number of nitrogens with zero attached hydrogens (tertiary/aromatic N) is 4. The van der Waals surface area contributed by atoms with Gasteiger partial charge in [0.1, 0.15) is 5.69 Å². The Labute approximate surface area is 162 Å². The second-order valence-electron chi connectivity index (χ2n) is 5.85. The molecule has 0 aliphatic rings. The molecule has 9 nitrogen and oxygen atoms in total. The summed E-state index contributed by atoms with van der Waals surface area (Å²) in [5, 5.41) is 11.4. The Morgan fingerprint density at radius 3 is 2.39 bits per heavy atom. The maximum absolute atomic E-state index is 12.3. The Bertz CT molecular complexity index is 912. The summed E-state index contributed by atoms with van der Waals surface area (Å²) >= 11 is 0. The Morgan fingerprint density at radius 1 is 1.04 bits per heavy atom. The van der Waals surface area contributed by atoms with Crippen molar-refractivity contribution in [3.8, 4) is 17.2 Å². The average molecular weight is 385 g/mol. The topological polar surface area (TPSA) is 92.4 Å². The summed E-state index contributed by atoms with van der Waals surface area (Å²) in [5.41, 5.74) is 1.09. The summed E-state index contributed by atoms with van der Waals surface area (Å²) in [6.45, 7) is 3.23. The molecule has 28 heavy (non-hydrogen) atoms. The molecule has 148 valence electrons. The van der Waals surface area contributed by atoms with Gasteiger partial charge < -0.3 is 19.5 Å². The van der Waals surface area contributed by atoms with Crippen molar-refractivity contribution in [3.63, 3.8) is 0 Å². The lowest BCUT2D eigenvalue weighted by Gasteiger charge is -2.13. The van der Waals surface area contributed by atoms with Crippen molar-refractivity contribution < 1.29 is 19.0 Å². The molecule has 2 aromatic heterocycles. The quantitative estimate of drug-likeness (QED) is 0.606. The van der Waals surface area contributed by atoms with Gasteiger partial charge in [0.2, 0.25) is 5.75 Å². The monoisotopic (exact) mass is 385 g/mol. The highest BCUT2D eigenvalue weighted by molar-refractivity contribution is 5.92. The third-order valence-corrected chi connectivity index (χ3v) is 4.05. The molecule has 0 unspecified atom stereocenters. The number of aryl methyl sites for hydroxylation is 1. The van der Waals surface area contributed by atoms with Crippen molar-refractivity contribution in [2.24, 2.45) is 0 Å². The van der Waals surface area contributed by atoms with Crippen molar-refractivity contribution in [1.29, 1.82) is 0 Å². The standard InChI is InChI=1S/C19H23N5O4/c1-4-23-10-8-14(21-23)12-20-19(25)15-9-11-24(22-15)13-28-18-16(26-2)6-5-7-17(18)27-3/h5-11H,4,12-13H2,1-3H3,(H,20,25). The Hall–Kier alpha value is -3.49. The van der Waals surface area contributed by atoms with E-state index in [0.717, 1.165) is 12.2 Å². The lowest BCUT2D eigenvalue weighted by molar-refractivity contribution is 0.0943. The number of aromatic nitrogens is 4. The van der Waals surface area contributed by atoms with Gasteiger partial charge >= 0.3 is 0 Å². The number of hydrogen-bond donors (Lipinski definition) is 1. The molecule has 1 N–H and O–H groups in total. The summed E-state index contributed by atoms with van der Waals surface area (Å²) in [4.78, 5) is 12.3. The normalized spacial score (nSPS) is 10.5.